The van der Waals surface area contributed by atoms with Gasteiger partial charge in [0, 0.05) is 76.1 Å². The molecule has 3 aliphatic heterocycles. The van der Waals surface area contributed by atoms with Crippen LogP contribution in [0.1, 0.15) is 84.7 Å². The average Bonchev–Trinajstić information content (AvgIpc) is 3.57. The van der Waals surface area contributed by atoms with Gasteiger partial charge in [0.15, 0.2) is 5.82 Å². The maximum absolute atomic E-state index is 17.2. The van der Waals surface area contributed by atoms with Gasteiger partial charge in [-0.25, -0.2) is 9.37 Å². The first-order chi connectivity index (χ1) is 25.1. The van der Waals surface area contributed by atoms with E-state index in [1.165, 1.54) is 11.5 Å². The van der Waals surface area contributed by atoms with E-state index in [2.05, 4.69) is 37.4 Å². The summed E-state index contributed by atoms with van der Waals surface area (Å²) in [7, 11) is 0. The first-order valence-corrected chi connectivity index (χ1v) is 19.8. The number of ether oxygens (including phenoxy) is 1. The predicted molar refractivity (Wildman–Crippen MR) is 202 cm³/mol. The number of aromatic nitrogens is 3. The number of pyridine rings is 1. The Balaban J connectivity index is 1.24. The summed E-state index contributed by atoms with van der Waals surface area (Å²) in [4.78, 5) is 22.2. The fourth-order valence-corrected chi connectivity index (χ4v) is 10.0. The third kappa shape index (κ3) is 5.54. The second kappa shape index (κ2) is 13.1. The van der Waals surface area contributed by atoms with Crippen LogP contribution < -0.4 is 5.32 Å². The van der Waals surface area contributed by atoms with Crippen molar-refractivity contribution in [3.05, 3.63) is 79.8 Å². The Hall–Kier alpha value is -3.59. The van der Waals surface area contributed by atoms with Crippen LogP contribution in [0.5, 0.6) is 0 Å². The summed E-state index contributed by atoms with van der Waals surface area (Å²) in [5.74, 6) is 0.184. The normalized spacial score (nSPS) is 24.5. The Bertz CT molecular complexity index is 2300. The zero-order valence-electron chi connectivity index (χ0n) is 29.3. The van der Waals surface area contributed by atoms with Gasteiger partial charge in [-0.05, 0) is 93.7 Å². The van der Waals surface area contributed by atoms with Crippen LogP contribution >= 0.6 is 34.7 Å². The number of halogens is 3. The Morgan fingerprint density at radius 2 is 2.02 bits per heavy atom. The molecule has 0 radical (unpaired) electrons. The van der Waals surface area contributed by atoms with E-state index in [0.717, 1.165) is 53.0 Å². The molecule has 52 heavy (non-hydrogen) atoms. The van der Waals surface area contributed by atoms with Gasteiger partial charge in [-0.15, -0.1) is 0 Å². The molecule has 2 bridgehead atoms. The summed E-state index contributed by atoms with van der Waals surface area (Å²) in [5.41, 5.74) is 5.35. The summed E-state index contributed by atoms with van der Waals surface area (Å²) in [6, 6.07) is 13.9. The van der Waals surface area contributed by atoms with Crippen molar-refractivity contribution in [2.24, 2.45) is 11.8 Å². The molecular weight excluding hydrogens is 718 g/mol. The van der Waals surface area contributed by atoms with Crippen molar-refractivity contribution in [2.75, 3.05) is 13.1 Å². The molecule has 8 nitrogen and oxygen atoms in total. The van der Waals surface area contributed by atoms with Gasteiger partial charge in [-0.3, -0.25) is 4.79 Å². The van der Waals surface area contributed by atoms with E-state index in [4.69, 9.17) is 32.9 Å². The Morgan fingerprint density at radius 1 is 1.19 bits per heavy atom. The minimum atomic E-state index is -0.477. The topological polar surface area (TPSA) is 96.1 Å². The number of aryl methyl sites for hydroxylation is 3. The van der Waals surface area contributed by atoms with Crippen LogP contribution in [0, 0.1) is 42.8 Å². The van der Waals surface area contributed by atoms with Crippen molar-refractivity contribution in [1.82, 2.24) is 24.1 Å². The first kappa shape index (κ1) is 34.2. The molecule has 12 heteroatoms. The fraction of sp³-hybridized carbons (Fsp3) is 0.450. The lowest BCUT2D eigenvalue weighted by Gasteiger charge is -2.39. The van der Waals surface area contributed by atoms with Crippen LogP contribution in [0.2, 0.25) is 10.0 Å². The monoisotopic (exact) mass is 756 g/mol. The number of nitrogens with one attached hydrogen (secondary N) is 1. The zero-order valence-corrected chi connectivity index (χ0v) is 31.6. The van der Waals surface area contributed by atoms with Gasteiger partial charge >= 0.3 is 0 Å². The largest absolute Gasteiger partial charge is 0.367 e. The lowest BCUT2D eigenvalue weighted by atomic mass is 9.79. The quantitative estimate of drug-likeness (QED) is 0.161. The SMILES string of the molecule is Cc1cc(C(C)OC2CC(c3cc4c(C)nc5c(F)c(-c6cccc(Cl)c6Cl)c(CCC#N)cc5c4n3C3C4CNC3C4)N(C(=O)C3CC3)C2)ns1. The lowest BCUT2D eigenvalue weighted by molar-refractivity contribution is -0.134. The Morgan fingerprint density at radius 3 is 2.71 bits per heavy atom. The van der Waals surface area contributed by atoms with Crippen molar-refractivity contribution in [3.8, 4) is 17.2 Å². The van der Waals surface area contributed by atoms with Crippen molar-refractivity contribution >= 4 is 62.4 Å². The molecule has 1 N–H and O–H groups in total. The van der Waals surface area contributed by atoms with Crippen molar-refractivity contribution in [2.45, 2.75) is 89.6 Å². The van der Waals surface area contributed by atoms with Gasteiger partial charge < -0.3 is 19.5 Å². The standard InChI is InChI=1S/C40H39Cl2FN6O2S/c1-19-12-30(47-52-19)21(3)51-25-15-32(48(18-25)40(50)22-9-10-22)33-16-27-20(2)46-37-28(39(27)49(33)38-24-14-31(38)45-17-24)13-23(6-5-11-44)34(36(37)43)26-7-4-8-29(41)35(26)42/h4,7-8,12-13,16,21-22,24-25,31-32,38,45H,5-6,9-10,14-15,17-18H2,1-3H3. The molecular formula is C40H39Cl2FN6O2S. The molecule has 2 aliphatic carbocycles. The van der Waals surface area contributed by atoms with Crippen LogP contribution in [0.15, 0.2) is 36.4 Å². The van der Waals surface area contributed by atoms with E-state index >= 15 is 4.39 Å². The summed E-state index contributed by atoms with van der Waals surface area (Å²) >= 11 is 14.6. The summed E-state index contributed by atoms with van der Waals surface area (Å²) in [5, 5.41) is 15.6. The maximum Gasteiger partial charge on any atom is 0.226 e. The van der Waals surface area contributed by atoms with E-state index in [-0.39, 0.29) is 59.1 Å². The minimum absolute atomic E-state index is 0.0528. The highest BCUT2D eigenvalue weighted by Crippen LogP contribution is 2.51. The fourth-order valence-electron chi connectivity index (χ4n) is 9.02. The number of hydrogen-bond donors (Lipinski definition) is 1. The highest BCUT2D eigenvalue weighted by atomic mass is 35.5. The number of nitriles is 1. The first-order valence-electron chi connectivity index (χ1n) is 18.2. The third-order valence-electron chi connectivity index (χ3n) is 11.7. The summed E-state index contributed by atoms with van der Waals surface area (Å²) in [6.45, 7) is 7.45. The van der Waals surface area contributed by atoms with E-state index in [9.17, 15) is 10.1 Å². The number of carbonyl (C=O) groups excluding carboxylic acids is 1. The molecule has 6 unspecified atom stereocenters. The number of rotatable bonds is 9. The average molecular weight is 758 g/mol. The molecule has 268 valence electrons. The van der Waals surface area contributed by atoms with E-state index in [0.29, 0.717) is 58.1 Å². The molecule has 3 saturated heterocycles. The number of hydrogen-bond acceptors (Lipinski definition) is 7. The number of fused-ring (bicyclic) bond motifs is 4. The molecule has 6 atom stereocenters. The Kier molecular flexibility index (Phi) is 8.59. The predicted octanol–water partition coefficient (Wildman–Crippen LogP) is 9.19. The minimum Gasteiger partial charge on any atom is -0.367 e. The van der Waals surface area contributed by atoms with Gasteiger partial charge in [-0.2, -0.15) is 9.64 Å². The number of likely N-dealkylation sites (tertiary alicyclic amines) is 1. The van der Waals surface area contributed by atoms with E-state index in [1.54, 1.807) is 18.2 Å². The molecule has 0 spiro atoms. The molecule has 5 aliphatic rings. The van der Waals surface area contributed by atoms with Crippen LogP contribution in [0.25, 0.3) is 32.9 Å². The summed E-state index contributed by atoms with van der Waals surface area (Å²) < 4.78 is 30.9. The van der Waals surface area contributed by atoms with Crippen molar-refractivity contribution in [3.63, 3.8) is 0 Å². The van der Waals surface area contributed by atoms with Crippen LogP contribution in [-0.4, -0.2) is 50.0 Å². The van der Waals surface area contributed by atoms with Crippen LogP contribution in [0.4, 0.5) is 4.39 Å². The van der Waals surface area contributed by atoms with Gasteiger partial charge in [0.05, 0.1) is 51.6 Å². The lowest BCUT2D eigenvalue weighted by Crippen LogP contribution is -2.41. The molecule has 6 heterocycles. The van der Waals surface area contributed by atoms with Gasteiger partial charge in [0.1, 0.15) is 5.52 Å². The number of nitrogens with zero attached hydrogens (tertiary/aromatic N) is 5. The molecule has 2 saturated carbocycles. The number of benzene rings is 2. The van der Waals surface area contributed by atoms with Gasteiger partial charge in [0.2, 0.25) is 5.91 Å². The molecule has 3 aromatic heterocycles. The van der Waals surface area contributed by atoms with E-state index < -0.39 is 5.82 Å². The van der Waals surface area contributed by atoms with Crippen LogP contribution in [0.3, 0.4) is 0 Å². The number of carbonyl (C=O) groups is 1. The zero-order chi connectivity index (χ0) is 36.0. The maximum atomic E-state index is 17.2. The van der Waals surface area contributed by atoms with Gasteiger partial charge in [-0.1, -0.05) is 35.3 Å². The second-order valence-electron chi connectivity index (χ2n) is 15.1. The summed E-state index contributed by atoms with van der Waals surface area (Å²) in [6.07, 6.45) is 3.75. The number of amides is 1. The van der Waals surface area contributed by atoms with E-state index in [1.807, 2.05) is 26.8 Å². The molecule has 1 amide bonds. The van der Waals surface area contributed by atoms with Crippen molar-refractivity contribution in [1.29, 1.82) is 5.26 Å². The highest BCUT2D eigenvalue weighted by Gasteiger charge is 2.51. The molecule has 5 fully saturated rings. The van der Waals surface area contributed by atoms with Gasteiger partial charge in [0.25, 0.3) is 0 Å². The highest BCUT2D eigenvalue weighted by molar-refractivity contribution is 7.05. The third-order valence-corrected chi connectivity index (χ3v) is 13.2. The Labute approximate surface area is 316 Å². The van der Waals surface area contributed by atoms with Crippen LogP contribution in [-0.2, 0) is 16.0 Å². The molecule has 10 rings (SSSR count). The second-order valence-corrected chi connectivity index (χ2v) is 16.9. The molecule has 5 aromatic rings. The van der Waals surface area contributed by atoms with Crippen molar-refractivity contribution < 1.29 is 13.9 Å². The smallest absolute Gasteiger partial charge is 0.226 e. The molecule has 2 aromatic carbocycles.